The second kappa shape index (κ2) is 4.43. The van der Waals surface area contributed by atoms with Gasteiger partial charge < -0.3 is 4.90 Å². The van der Waals surface area contributed by atoms with E-state index in [0.717, 1.165) is 6.54 Å². The summed E-state index contributed by atoms with van der Waals surface area (Å²) in [6.45, 7) is 15.2. The minimum Gasteiger partial charge on any atom is -0.377 e. The minimum absolute atomic E-state index is 0.377. The average Bonchev–Trinajstić information content (AvgIpc) is 1.97. The van der Waals surface area contributed by atoms with Crippen molar-refractivity contribution in [3.05, 3.63) is 11.8 Å². The lowest BCUT2D eigenvalue weighted by Crippen LogP contribution is -2.34. The summed E-state index contributed by atoms with van der Waals surface area (Å²) in [7, 11) is 2.24. The molecule has 1 rings (SSSR count). The van der Waals surface area contributed by atoms with Crippen molar-refractivity contribution in [2.75, 3.05) is 13.6 Å². The molecule has 0 saturated carbocycles. The van der Waals surface area contributed by atoms with Crippen LogP contribution >= 0.6 is 0 Å². The lowest BCUT2D eigenvalue weighted by molar-refractivity contribution is 0.204. The number of rotatable bonds is 2. The molecular formula is C15H29N. The molecule has 0 saturated heterocycles. The van der Waals surface area contributed by atoms with Crippen LogP contribution < -0.4 is 0 Å². The smallest absolute Gasteiger partial charge is 0.0220 e. The summed E-state index contributed by atoms with van der Waals surface area (Å²) in [5.74, 6) is 0.705. The molecule has 0 spiro atoms. The maximum Gasteiger partial charge on any atom is 0.0220 e. The van der Waals surface area contributed by atoms with E-state index in [1.807, 2.05) is 0 Å². The highest BCUT2D eigenvalue weighted by Crippen LogP contribution is 2.39. The van der Waals surface area contributed by atoms with Crippen molar-refractivity contribution in [2.24, 2.45) is 16.7 Å². The summed E-state index contributed by atoms with van der Waals surface area (Å²) in [6, 6.07) is 0. The maximum atomic E-state index is 2.46. The zero-order valence-electron chi connectivity index (χ0n) is 12.2. The molecule has 94 valence electrons. The Balaban J connectivity index is 2.71. The first-order chi connectivity index (χ1) is 7.11. The molecule has 0 radical (unpaired) electrons. The van der Waals surface area contributed by atoms with E-state index in [1.165, 1.54) is 12.8 Å². The lowest BCUT2D eigenvalue weighted by Gasteiger charge is -2.39. The normalized spacial score (nSPS) is 25.2. The quantitative estimate of drug-likeness (QED) is 0.674. The van der Waals surface area contributed by atoms with Crippen LogP contribution in [0.5, 0.6) is 0 Å². The zero-order valence-corrected chi connectivity index (χ0v) is 12.2. The van der Waals surface area contributed by atoms with Crippen molar-refractivity contribution >= 4 is 0 Å². The summed E-state index contributed by atoms with van der Waals surface area (Å²) in [5.41, 5.74) is 2.42. The molecule has 1 heteroatoms. The van der Waals surface area contributed by atoms with Crippen LogP contribution in [-0.2, 0) is 0 Å². The van der Waals surface area contributed by atoms with Gasteiger partial charge in [-0.25, -0.2) is 0 Å². The molecule has 0 aromatic carbocycles. The van der Waals surface area contributed by atoms with Gasteiger partial charge in [0.1, 0.15) is 0 Å². The average molecular weight is 223 g/mol. The SMILES string of the molecule is CC1CC(C)(C)CC=C1N(C)CC(C)(C)C. The summed E-state index contributed by atoms with van der Waals surface area (Å²) in [6.07, 6.45) is 4.99. The van der Waals surface area contributed by atoms with Crippen LogP contribution in [-0.4, -0.2) is 18.5 Å². The Morgan fingerprint density at radius 1 is 1.38 bits per heavy atom. The molecule has 16 heavy (non-hydrogen) atoms. The number of hydrogen-bond donors (Lipinski definition) is 0. The van der Waals surface area contributed by atoms with Crippen molar-refractivity contribution in [1.82, 2.24) is 4.90 Å². The van der Waals surface area contributed by atoms with Crippen LogP contribution in [0.2, 0.25) is 0 Å². The topological polar surface area (TPSA) is 3.24 Å². The Hall–Kier alpha value is -0.460. The molecule has 1 aliphatic carbocycles. The predicted molar refractivity (Wildman–Crippen MR) is 72.3 cm³/mol. The first kappa shape index (κ1) is 13.6. The minimum atomic E-state index is 0.377. The van der Waals surface area contributed by atoms with E-state index in [2.05, 4.69) is 59.6 Å². The fourth-order valence-electron chi connectivity index (χ4n) is 2.93. The highest BCUT2D eigenvalue weighted by molar-refractivity contribution is 5.11. The van der Waals surface area contributed by atoms with Gasteiger partial charge >= 0.3 is 0 Å². The van der Waals surface area contributed by atoms with Crippen molar-refractivity contribution in [1.29, 1.82) is 0 Å². The summed E-state index contributed by atoms with van der Waals surface area (Å²) in [4.78, 5) is 2.46. The van der Waals surface area contributed by atoms with Gasteiger partial charge in [0.25, 0.3) is 0 Å². The Morgan fingerprint density at radius 3 is 2.38 bits per heavy atom. The van der Waals surface area contributed by atoms with Gasteiger partial charge in [-0.3, -0.25) is 0 Å². The number of allylic oxidation sites excluding steroid dienone is 2. The highest BCUT2D eigenvalue weighted by Gasteiger charge is 2.29. The van der Waals surface area contributed by atoms with Crippen LogP contribution in [0.4, 0.5) is 0 Å². The van der Waals surface area contributed by atoms with Crippen LogP contribution in [0.15, 0.2) is 11.8 Å². The Kier molecular flexibility index (Phi) is 3.76. The molecule has 1 nitrogen and oxygen atoms in total. The molecule has 0 amide bonds. The Bertz CT molecular complexity index is 268. The first-order valence-corrected chi connectivity index (χ1v) is 6.52. The molecule has 0 aliphatic heterocycles. The van der Waals surface area contributed by atoms with E-state index in [4.69, 9.17) is 0 Å². The monoisotopic (exact) mass is 223 g/mol. The largest absolute Gasteiger partial charge is 0.377 e. The molecule has 1 atom stereocenters. The van der Waals surface area contributed by atoms with E-state index >= 15 is 0 Å². The molecular weight excluding hydrogens is 194 g/mol. The second-order valence-corrected chi connectivity index (χ2v) is 7.52. The van der Waals surface area contributed by atoms with Crippen LogP contribution in [0.1, 0.15) is 54.4 Å². The van der Waals surface area contributed by atoms with E-state index < -0.39 is 0 Å². The van der Waals surface area contributed by atoms with Gasteiger partial charge in [-0.1, -0.05) is 47.6 Å². The Morgan fingerprint density at radius 2 is 1.94 bits per heavy atom. The van der Waals surface area contributed by atoms with Crippen molar-refractivity contribution < 1.29 is 0 Å². The van der Waals surface area contributed by atoms with Gasteiger partial charge in [0.05, 0.1) is 0 Å². The molecule has 0 heterocycles. The van der Waals surface area contributed by atoms with Crippen LogP contribution in [0.3, 0.4) is 0 Å². The van der Waals surface area contributed by atoms with Crippen molar-refractivity contribution in [2.45, 2.75) is 54.4 Å². The van der Waals surface area contributed by atoms with Gasteiger partial charge in [0.2, 0.25) is 0 Å². The third-order valence-corrected chi connectivity index (χ3v) is 3.38. The maximum absolute atomic E-state index is 2.46. The fourth-order valence-corrected chi connectivity index (χ4v) is 2.93. The number of nitrogens with zero attached hydrogens (tertiary/aromatic N) is 1. The zero-order chi connectivity index (χ0) is 12.6. The Labute approximate surface area is 102 Å². The van der Waals surface area contributed by atoms with Crippen LogP contribution in [0, 0.1) is 16.7 Å². The summed E-state index contributed by atoms with van der Waals surface area (Å²) in [5, 5.41) is 0. The lowest BCUT2D eigenvalue weighted by atomic mass is 9.75. The highest BCUT2D eigenvalue weighted by atomic mass is 15.1. The van der Waals surface area contributed by atoms with E-state index in [1.54, 1.807) is 5.70 Å². The van der Waals surface area contributed by atoms with E-state index in [9.17, 15) is 0 Å². The molecule has 1 aliphatic rings. The molecule has 0 aromatic rings. The molecule has 0 bridgehead atoms. The molecule has 0 aromatic heterocycles. The van der Waals surface area contributed by atoms with Gasteiger partial charge in [-0.05, 0) is 29.6 Å². The first-order valence-electron chi connectivity index (χ1n) is 6.52. The second-order valence-electron chi connectivity index (χ2n) is 7.52. The van der Waals surface area contributed by atoms with Gasteiger partial charge in [-0.15, -0.1) is 0 Å². The third-order valence-electron chi connectivity index (χ3n) is 3.38. The van der Waals surface area contributed by atoms with Gasteiger partial charge in [0, 0.05) is 19.3 Å². The molecule has 0 fully saturated rings. The summed E-state index contributed by atoms with van der Waals surface area (Å²) < 4.78 is 0. The molecule has 1 unspecified atom stereocenters. The van der Waals surface area contributed by atoms with Crippen LogP contribution in [0.25, 0.3) is 0 Å². The van der Waals surface area contributed by atoms with Crippen molar-refractivity contribution in [3.63, 3.8) is 0 Å². The predicted octanol–water partition coefficient (Wildman–Crippen LogP) is 4.30. The van der Waals surface area contributed by atoms with Gasteiger partial charge in [-0.2, -0.15) is 0 Å². The van der Waals surface area contributed by atoms with E-state index in [0.29, 0.717) is 16.7 Å². The van der Waals surface area contributed by atoms with Gasteiger partial charge in [0.15, 0.2) is 0 Å². The fraction of sp³-hybridized carbons (Fsp3) is 0.867. The summed E-state index contributed by atoms with van der Waals surface area (Å²) >= 11 is 0. The standard InChI is InChI=1S/C15H29N/c1-12-10-15(5,6)9-8-13(12)16(7)11-14(2,3)4/h8,12H,9-11H2,1-7H3. The third kappa shape index (κ3) is 3.84. The van der Waals surface area contributed by atoms with Crippen molar-refractivity contribution in [3.8, 4) is 0 Å². The van der Waals surface area contributed by atoms with E-state index in [-0.39, 0.29) is 0 Å². The number of hydrogen-bond acceptors (Lipinski definition) is 1. The molecule has 0 N–H and O–H groups in total.